The van der Waals surface area contributed by atoms with Gasteiger partial charge in [-0.2, -0.15) is 4.31 Å². The van der Waals surface area contributed by atoms with Crippen molar-refractivity contribution in [1.29, 1.82) is 0 Å². The van der Waals surface area contributed by atoms with Crippen LogP contribution in [0.1, 0.15) is 32.0 Å². The molecule has 8 heteroatoms. The first-order valence-electron chi connectivity index (χ1n) is 9.63. The smallest absolute Gasteiger partial charge is 0.243 e. The van der Waals surface area contributed by atoms with Gasteiger partial charge in [0, 0.05) is 25.8 Å². The summed E-state index contributed by atoms with van der Waals surface area (Å²) in [6.45, 7) is 4.08. The first kappa shape index (κ1) is 19.4. The highest BCUT2D eigenvalue weighted by Crippen LogP contribution is 2.27. The second-order valence-corrected chi connectivity index (χ2v) is 9.78. The molecule has 0 N–H and O–H groups in total. The lowest BCUT2D eigenvalue weighted by atomic mass is 10.2. The van der Waals surface area contributed by atoms with Gasteiger partial charge in [0.15, 0.2) is 0 Å². The number of imidazole rings is 1. The molecule has 0 unspecified atom stereocenters. The van der Waals surface area contributed by atoms with Crippen LogP contribution in [0, 0.1) is 0 Å². The first-order chi connectivity index (χ1) is 13.6. The summed E-state index contributed by atoms with van der Waals surface area (Å²) in [7, 11) is -3.45. The summed E-state index contributed by atoms with van der Waals surface area (Å²) in [6, 6.07) is 11.2. The lowest BCUT2D eigenvalue weighted by Crippen LogP contribution is -2.35. The van der Waals surface area contributed by atoms with E-state index in [0.29, 0.717) is 23.7 Å². The molecule has 0 saturated carbocycles. The molecular formula is C20H24N4O2S2. The number of piperidine rings is 1. The molecule has 4 rings (SSSR count). The Bertz CT molecular complexity index is 1060. The molecule has 0 atom stereocenters. The van der Waals surface area contributed by atoms with Crippen LogP contribution in [-0.2, 0) is 22.3 Å². The Morgan fingerprint density at radius 2 is 1.93 bits per heavy atom. The molecule has 0 bridgehead atoms. The van der Waals surface area contributed by atoms with Crippen LogP contribution < -0.4 is 0 Å². The zero-order chi connectivity index (χ0) is 19.6. The Kier molecular flexibility index (Phi) is 5.70. The minimum absolute atomic E-state index is 0.339. The van der Waals surface area contributed by atoms with Crippen LogP contribution in [0.2, 0.25) is 0 Å². The Balaban J connectivity index is 1.64. The summed E-state index contributed by atoms with van der Waals surface area (Å²) < 4.78 is 29.7. The van der Waals surface area contributed by atoms with Crippen molar-refractivity contribution in [3.05, 3.63) is 48.4 Å². The highest BCUT2D eigenvalue weighted by atomic mass is 32.2. The standard InChI is InChI=1S/C20H24N4O2S2/c1-2-24-18-10-9-16(28(25,26)23-12-6-3-7-13-23)14-17(18)22-19(24)15-27-20-8-4-5-11-21-20/h4-5,8-11,14H,2-3,6-7,12-13,15H2,1H3. The predicted octanol–water partition coefficient (Wildman–Crippen LogP) is 3.92. The third-order valence-corrected chi connectivity index (χ3v) is 7.89. The van der Waals surface area contributed by atoms with Gasteiger partial charge in [-0.15, -0.1) is 0 Å². The number of hydrogen-bond donors (Lipinski definition) is 0. The summed E-state index contributed by atoms with van der Waals surface area (Å²) >= 11 is 1.63. The van der Waals surface area contributed by atoms with Gasteiger partial charge in [0.25, 0.3) is 0 Å². The Morgan fingerprint density at radius 3 is 2.64 bits per heavy atom. The fourth-order valence-electron chi connectivity index (χ4n) is 3.61. The van der Waals surface area contributed by atoms with Crippen LogP contribution in [0.25, 0.3) is 11.0 Å². The summed E-state index contributed by atoms with van der Waals surface area (Å²) in [5, 5.41) is 0.950. The summed E-state index contributed by atoms with van der Waals surface area (Å²) in [5.74, 6) is 1.62. The van der Waals surface area contributed by atoms with Gasteiger partial charge < -0.3 is 4.57 Å². The van der Waals surface area contributed by atoms with Crippen molar-refractivity contribution in [2.45, 2.75) is 48.4 Å². The minimum atomic E-state index is -3.45. The molecule has 3 heterocycles. The number of sulfonamides is 1. The quantitative estimate of drug-likeness (QED) is 0.570. The van der Waals surface area contributed by atoms with Gasteiger partial charge in [0.05, 0.1) is 26.7 Å². The fourth-order valence-corrected chi connectivity index (χ4v) is 5.95. The number of thioether (sulfide) groups is 1. The van der Waals surface area contributed by atoms with E-state index in [9.17, 15) is 8.42 Å². The zero-order valence-electron chi connectivity index (χ0n) is 15.9. The van der Waals surface area contributed by atoms with E-state index in [0.717, 1.165) is 47.7 Å². The monoisotopic (exact) mass is 416 g/mol. The second-order valence-electron chi connectivity index (χ2n) is 6.84. The van der Waals surface area contributed by atoms with Crippen molar-refractivity contribution in [2.75, 3.05) is 13.1 Å². The molecule has 0 amide bonds. The van der Waals surface area contributed by atoms with Crippen molar-refractivity contribution >= 4 is 32.8 Å². The van der Waals surface area contributed by atoms with Crippen LogP contribution in [0.15, 0.2) is 52.5 Å². The average molecular weight is 417 g/mol. The normalized spacial score (nSPS) is 15.9. The van der Waals surface area contributed by atoms with Gasteiger partial charge >= 0.3 is 0 Å². The van der Waals surface area contributed by atoms with Gasteiger partial charge in [0.2, 0.25) is 10.0 Å². The van der Waals surface area contributed by atoms with E-state index in [-0.39, 0.29) is 0 Å². The van der Waals surface area contributed by atoms with Gasteiger partial charge in [-0.3, -0.25) is 0 Å². The minimum Gasteiger partial charge on any atom is -0.328 e. The van der Waals surface area contributed by atoms with Gasteiger partial charge in [0.1, 0.15) is 5.82 Å². The number of nitrogens with zero attached hydrogens (tertiary/aromatic N) is 4. The fraction of sp³-hybridized carbons (Fsp3) is 0.400. The molecule has 2 aromatic heterocycles. The Morgan fingerprint density at radius 1 is 1.11 bits per heavy atom. The highest BCUT2D eigenvalue weighted by molar-refractivity contribution is 7.98. The molecule has 1 aromatic carbocycles. The lowest BCUT2D eigenvalue weighted by Gasteiger charge is -2.25. The molecule has 1 aliphatic heterocycles. The average Bonchev–Trinajstić information content (AvgIpc) is 3.10. The molecule has 1 fully saturated rings. The van der Waals surface area contributed by atoms with E-state index in [1.807, 2.05) is 24.3 Å². The third-order valence-electron chi connectivity index (χ3n) is 5.05. The summed E-state index contributed by atoms with van der Waals surface area (Å²) in [5.41, 5.74) is 1.70. The van der Waals surface area contributed by atoms with Crippen molar-refractivity contribution in [1.82, 2.24) is 18.8 Å². The number of rotatable bonds is 6. The summed E-state index contributed by atoms with van der Waals surface area (Å²) in [4.78, 5) is 9.43. The van der Waals surface area contributed by atoms with Crippen LogP contribution in [-0.4, -0.2) is 40.3 Å². The highest BCUT2D eigenvalue weighted by Gasteiger charge is 2.26. The number of fused-ring (bicyclic) bond motifs is 1. The van der Waals surface area contributed by atoms with E-state index in [1.54, 1.807) is 34.4 Å². The van der Waals surface area contributed by atoms with Crippen molar-refractivity contribution < 1.29 is 8.42 Å². The molecule has 6 nitrogen and oxygen atoms in total. The SMILES string of the molecule is CCn1c(CSc2ccccn2)nc2cc(S(=O)(=O)N3CCCCC3)ccc21. The van der Waals surface area contributed by atoms with Crippen molar-refractivity contribution in [2.24, 2.45) is 0 Å². The third kappa shape index (κ3) is 3.81. The maximum Gasteiger partial charge on any atom is 0.243 e. The number of hydrogen-bond acceptors (Lipinski definition) is 5. The van der Waals surface area contributed by atoms with E-state index in [1.165, 1.54) is 0 Å². The molecular weight excluding hydrogens is 392 g/mol. The van der Waals surface area contributed by atoms with Crippen LogP contribution in [0.5, 0.6) is 0 Å². The number of aryl methyl sites for hydroxylation is 1. The van der Waals surface area contributed by atoms with Gasteiger partial charge in [-0.1, -0.05) is 24.2 Å². The lowest BCUT2D eigenvalue weighted by molar-refractivity contribution is 0.346. The van der Waals surface area contributed by atoms with E-state index >= 15 is 0 Å². The molecule has 3 aromatic rings. The van der Waals surface area contributed by atoms with Crippen molar-refractivity contribution in [3.8, 4) is 0 Å². The van der Waals surface area contributed by atoms with Crippen LogP contribution in [0.3, 0.4) is 0 Å². The molecule has 1 saturated heterocycles. The van der Waals surface area contributed by atoms with Crippen LogP contribution in [0.4, 0.5) is 0 Å². The molecule has 1 aliphatic rings. The van der Waals surface area contributed by atoms with Gasteiger partial charge in [-0.05, 0) is 50.1 Å². The van der Waals surface area contributed by atoms with Gasteiger partial charge in [-0.25, -0.2) is 18.4 Å². The summed E-state index contributed by atoms with van der Waals surface area (Å²) in [6.07, 6.45) is 4.74. The topological polar surface area (TPSA) is 68.1 Å². The van der Waals surface area contributed by atoms with E-state index in [4.69, 9.17) is 4.98 Å². The molecule has 0 aliphatic carbocycles. The van der Waals surface area contributed by atoms with Crippen LogP contribution >= 0.6 is 11.8 Å². The largest absolute Gasteiger partial charge is 0.328 e. The number of benzene rings is 1. The Hall–Kier alpha value is -1.90. The molecule has 148 valence electrons. The number of aromatic nitrogens is 3. The molecule has 0 spiro atoms. The molecule has 28 heavy (non-hydrogen) atoms. The second kappa shape index (κ2) is 8.23. The maximum atomic E-state index is 13.0. The maximum absolute atomic E-state index is 13.0. The Labute approximate surface area is 170 Å². The predicted molar refractivity (Wildman–Crippen MR) is 112 cm³/mol. The van der Waals surface area contributed by atoms with E-state index < -0.39 is 10.0 Å². The number of pyridine rings is 1. The molecule has 0 radical (unpaired) electrons. The first-order valence-corrected chi connectivity index (χ1v) is 12.1. The van der Waals surface area contributed by atoms with Crippen molar-refractivity contribution in [3.63, 3.8) is 0 Å². The zero-order valence-corrected chi connectivity index (χ0v) is 17.5. The van der Waals surface area contributed by atoms with E-state index in [2.05, 4.69) is 16.5 Å².